The maximum atomic E-state index is 12.1. The largest absolute Gasteiger partial charge is 0.494 e. The highest BCUT2D eigenvalue weighted by atomic mass is 16.5. The van der Waals surface area contributed by atoms with Crippen molar-refractivity contribution in [3.8, 4) is 5.75 Å². The minimum atomic E-state index is 0.126. The van der Waals surface area contributed by atoms with E-state index >= 15 is 0 Å². The predicted molar refractivity (Wildman–Crippen MR) is 110 cm³/mol. The summed E-state index contributed by atoms with van der Waals surface area (Å²) in [7, 11) is 0. The number of ether oxygens (including phenoxy) is 1. The van der Waals surface area contributed by atoms with Crippen molar-refractivity contribution in [2.45, 2.75) is 57.9 Å². The summed E-state index contributed by atoms with van der Waals surface area (Å²) in [5.41, 5.74) is 0. The molecule has 0 unspecified atom stereocenters. The molecule has 1 saturated carbocycles. The Morgan fingerprint density at radius 1 is 1.15 bits per heavy atom. The number of aliphatic imine (C=N–C) groups is 1. The van der Waals surface area contributed by atoms with E-state index in [0.717, 1.165) is 37.5 Å². The van der Waals surface area contributed by atoms with Gasteiger partial charge in [0.05, 0.1) is 6.61 Å². The lowest BCUT2D eigenvalue weighted by Gasteiger charge is -2.22. The van der Waals surface area contributed by atoms with E-state index in [1.54, 1.807) is 0 Å². The molecular formula is C21H34N4O2. The second kappa shape index (κ2) is 13.0. The van der Waals surface area contributed by atoms with E-state index in [-0.39, 0.29) is 5.91 Å². The molecule has 6 nitrogen and oxygen atoms in total. The molecular weight excluding hydrogens is 340 g/mol. The van der Waals surface area contributed by atoms with Crippen LogP contribution in [0.2, 0.25) is 0 Å². The number of amides is 1. The number of carbonyl (C=O) groups excluding carboxylic acids is 1. The molecule has 6 heteroatoms. The first-order chi connectivity index (χ1) is 13.3. The molecule has 0 atom stereocenters. The molecule has 27 heavy (non-hydrogen) atoms. The number of nitrogens with zero attached hydrogens (tertiary/aromatic N) is 1. The summed E-state index contributed by atoms with van der Waals surface area (Å²) in [6.07, 6.45) is 7.31. The van der Waals surface area contributed by atoms with Crippen molar-refractivity contribution in [1.29, 1.82) is 0 Å². The van der Waals surface area contributed by atoms with Crippen molar-refractivity contribution < 1.29 is 9.53 Å². The number of guanidine groups is 1. The summed E-state index contributed by atoms with van der Waals surface area (Å²) >= 11 is 0. The molecule has 150 valence electrons. The molecule has 1 aromatic rings. The topological polar surface area (TPSA) is 74.8 Å². The molecule has 0 spiro atoms. The van der Waals surface area contributed by atoms with E-state index in [4.69, 9.17) is 4.74 Å². The molecule has 1 aromatic carbocycles. The highest BCUT2D eigenvalue weighted by Gasteiger charge is 2.15. The van der Waals surface area contributed by atoms with Gasteiger partial charge in [-0.3, -0.25) is 9.79 Å². The van der Waals surface area contributed by atoms with Gasteiger partial charge in [0.1, 0.15) is 5.75 Å². The van der Waals surface area contributed by atoms with Crippen molar-refractivity contribution in [1.82, 2.24) is 16.0 Å². The molecule has 0 saturated heterocycles. The maximum Gasteiger partial charge on any atom is 0.221 e. The molecule has 0 aromatic heterocycles. The van der Waals surface area contributed by atoms with Gasteiger partial charge >= 0.3 is 0 Å². The van der Waals surface area contributed by atoms with Gasteiger partial charge in [0, 0.05) is 38.5 Å². The second-order valence-electron chi connectivity index (χ2n) is 6.85. The Bertz CT molecular complexity index is 557. The maximum absolute atomic E-state index is 12.1. The monoisotopic (exact) mass is 374 g/mol. The molecule has 0 radical (unpaired) electrons. The SMILES string of the molecule is CCNC(=NCCCOc1ccccc1)NCCC(=O)NC1CCCCC1. The average Bonchev–Trinajstić information content (AvgIpc) is 2.69. The van der Waals surface area contributed by atoms with Crippen LogP contribution in [0.1, 0.15) is 51.9 Å². The van der Waals surface area contributed by atoms with Crippen molar-refractivity contribution >= 4 is 11.9 Å². The number of hydrogen-bond donors (Lipinski definition) is 3. The van der Waals surface area contributed by atoms with Gasteiger partial charge in [0.2, 0.25) is 5.91 Å². The van der Waals surface area contributed by atoms with Crippen LogP contribution in [-0.4, -0.2) is 44.1 Å². The highest BCUT2D eigenvalue weighted by Crippen LogP contribution is 2.17. The van der Waals surface area contributed by atoms with Crippen LogP contribution in [0.15, 0.2) is 35.3 Å². The zero-order chi connectivity index (χ0) is 19.2. The van der Waals surface area contributed by atoms with E-state index in [2.05, 4.69) is 20.9 Å². The number of carbonyl (C=O) groups is 1. The lowest BCUT2D eigenvalue weighted by molar-refractivity contribution is -0.121. The van der Waals surface area contributed by atoms with Gasteiger partial charge in [-0.15, -0.1) is 0 Å². The van der Waals surface area contributed by atoms with E-state index in [1.807, 2.05) is 37.3 Å². The zero-order valence-electron chi connectivity index (χ0n) is 16.5. The van der Waals surface area contributed by atoms with Crippen LogP contribution in [0, 0.1) is 0 Å². The van der Waals surface area contributed by atoms with Crippen LogP contribution in [0.4, 0.5) is 0 Å². The third kappa shape index (κ3) is 9.31. The smallest absolute Gasteiger partial charge is 0.221 e. The van der Waals surface area contributed by atoms with E-state index in [1.165, 1.54) is 19.3 Å². The number of nitrogens with one attached hydrogen (secondary N) is 3. The molecule has 1 fully saturated rings. The fourth-order valence-corrected chi connectivity index (χ4v) is 3.15. The summed E-state index contributed by atoms with van der Waals surface area (Å²) in [6, 6.07) is 10.2. The fraction of sp³-hybridized carbons (Fsp3) is 0.619. The minimum Gasteiger partial charge on any atom is -0.494 e. The molecule has 1 aliphatic carbocycles. The first kappa shape index (κ1) is 21.1. The van der Waals surface area contributed by atoms with Gasteiger partial charge in [-0.05, 0) is 31.9 Å². The average molecular weight is 375 g/mol. The molecule has 1 amide bonds. The van der Waals surface area contributed by atoms with Crippen molar-refractivity contribution in [3.05, 3.63) is 30.3 Å². The minimum absolute atomic E-state index is 0.126. The third-order valence-electron chi connectivity index (χ3n) is 4.54. The number of para-hydroxylation sites is 1. The van der Waals surface area contributed by atoms with Gasteiger partial charge in [0.25, 0.3) is 0 Å². The lowest BCUT2D eigenvalue weighted by atomic mass is 9.95. The molecule has 3 N–H and O–H groups in total. The summed E-state index contributed by atoms with van der Waals surface area (Å²) in [6.45, 7) is 4.73. The summed E-state index contributed by atoms with van der Waals surface area (Å²) in [5.74, 6) is 1.76. The summed E-state index contributed by atoms with van der Waals surface area (Å²) in [4.78, 5) is 16.6. The van der Waals surface area contributed by atoms with Crippen LogP contribution < -0.4 is 20.7 Å². The lowest BCUT2D eigenvalue weighted by Crippen LogP contribution is -2.41. The Kier molecular flexibility index (Phi) is 10.1. The third-order valence-corrected chi connectivity index (χ3v) is 4.54. The van der Waals surface area contributed by atoms with E-state index in [9.17, 15) is 4.79 Å². The Balaban J connectivity index is 1.60. The standard InChI is InChI=1S/C21H34N4O2/c1-2-22-21(23-15-9-17-27-19-12-7-4-8-13-19)24-16-14-20(26)25-18-10-5-3-6-11-18/h4,7-8,12-13,18H,2-3,5-6,9-11,14-17H2,1H3,(H,25,26)(H2,22,23,24). The van der Waals surface area contributed by atoms with E-state index in [0.29, 0.717) is 32.2 Å². The summed E-state index contributed by atoms with van der Waals surface area (Å²) in [5, 5.41) is 9.59. The van der Waals surface area contributed by atoms with Crippen molar-refractivity contribution in [2.24, 2.45) is 4.99 Å². The normalized spacial score (nSPS) is 15.2. The van der Waals surface area contributed by atoms with Crippen LogP contribution >= 0.6 is 0 Å². The Hall–Kier alpha value is -2.24. The van der Waals surface area contributed by atoms with Crippen LogP contribution in [0.25, 0.3) is 0 Å². The number of benzene rings is 1. The van der Waals surface area contributed by atoms with Gasteiger partial charge in [-0.2, -0.15) is 0 Å². The Labute approximate surface area is 163 Å². The van der Waals surface area contributed by atoms with Gasteiger partial charge < -0.3 is 20.7 Å². The fourth-order valence-electron chi connectivity index (χ4n) is 3.15. The van der Waals surface area contributed by atoms with Crippen LogP contribution in [0.3, 0.4) is 0 Å². The van der Waals surface area contributed by atoms with Crippen LogP contribution in [0.5, 0.6) is 5.75 Å². The molecule has 0 heterocycles. The Morgan fingerprint density at radius 3 is 2.67 bits per heavy atom. The first-order valence-electron chi connectivity index (χ1n) is 10.3. The van der Waals surface area contributed by atoms with Crippen LogP contribution in [-0.2, 0) is 4.79 Å². The highest BCUT2D eigenvalue weighted by molar-refractivity contribution is 5.81. The zero-order valence-corrected chi connectivity index (χ0v) is 16.5. The molecule has 2 rings (SSSR count). The Morgan fingerprint density at radius 2 is 1.93 bits per heavy atom. The second-order valence-corrected chi connectivity index (χ2v) is 6.85. The molecule has 0 aliphatic heterocycles. The first-order valence-corrected chi connectivity index (χ1v) is 10.3. The van der Waals surface area contributed by atoms with Gasteiger partial charge in [0.15, 0.2) is 5.96 Å². The van der Waals surface area contributed by atoms with Gasteiger partial charge in [-0.25, -0.2) is 0 Å². The van der Waals surface area contributed by atoms with Crippen molar-refractivity contribution in [2.75, 3.05) is 26.2 Å². The van der Waals surface area contributed by atoms with E-state index < -0.39 is 0 Å². The number of hydrogen-bond acceptors (Lipinski definition) is 3. The number of rotatable bonds is 10. The summed E-state index contributed by atoms with van der Waals surface area (Å²) < 4.78 is 5.67. The van der Waals surface area contributed by atoms with Crippen molar-refractivity contribution in [3.63, 3.8) is 0 Å². The quantitative estimate of drug-likeness (QED) is 0.334. The molecule has 0 bridgehead atoms. The molecule has 1 aliphatic rings. The predicted octanol–water partition coefficient (Wildman–Crippen LogP) is 2.85. The van der Waals surface area contributed by atoms with Gasteiger partial charge in [-0.1, -0.05) is 37.5 Å².